The van der Waals surface area contributed by atoms with Crippen LogP contribution in [0.2, 0.25) is 0 Å². The minimum Gasteiger partial charge on any atom is -0.367 e. The molecular formula is C53H68N6S2+2. The first-order valence-electron chi connectivity index (χ1n) is 22.7. The second kappa shape index (κ2) is 19.4. The van der Waals surface area contributed by atoms with Crippen molar-refractivity contribution >= 4 is 57.4 Å². The van der Waals surface area contributed by atoms with Crippen molar-refractivity contribution in [2.24, 2.45) is 0 Å². The minimum atomic E-state index is 0.978. The van der Waals surface area contributed by atoms with E-state index in [1.807, 2.05) is 23.5 Å². The molecule has 4 aromatic rings. The van der Waals surface area contributed by atoms with E-state index in [0.717, 1.165) is 35.1 Å². The van der Waals surface area contributed by atoms with Crippen LogP contribution in [-0.2, 0) is 0 Å². The maximum atomic E-state index is 2.59. The van der Waals surface area contributed by atoms with E-state index in [4.69, 9.17) is 0 Å². The van der Waals surface area contributed by atoms with Crippen LogP contribution < -0.4 is 19.6 Å². The highest BCUT2D eigenvalue weighted by Gasteiger charge is 2.26. The zero-order valence-electron chi connectivity index (χ0n) is 37.7. The van der Waals surface area contributed by atoms with Crippen molar-refractivity contribution in [1.29, 1.82) is 0 Å². The molecule has 6 nitrogen and oxygen atoms in total. The first-order valence-corrected chi connectivity index (χ1v) is 24.4. The lowest BCUT2D eigenvalue weighted by molar-refractivity contribution is -0.909. The van der Waals surface area contributed by atoms with Crippen molar-refractivity contribution in [1.82, 2.24) is 0 Å². The van der Waals surface area contributed by atoms with E-state index in [-0.39, 0.29) is 0 Å². The number of rotatable bonds is 18. The molecule has 0 saturated carbocycles. The molecule has 8 heteroatoms. The first kappa shape index (κ1) is 43.3. The molecule has 0 amide bonds. The zero-order chi connectivity index (χ0) is 42.4. The molecule has 4 aliphatic rings. The molecule has 0 atom stereocenters. The summed E-state index contributed by atoms with van der Waals surface area (Å²) in [5, 5.41) is 2.59. The Labute approximate surface area is 376 Å². The fraction of sp³-hybridized carbons (Fsp3) is 0.396. The van der Waals surface area contributed by atoms with Gasteiger partial charge in [-0.2, -0.15) is 0 Å². The van der Waals surface area contributed by atoms with Crippen molar-refractivity contribution < 1.29 is 8.97 Å². The summed E-state index contributed by atoms with van der Waals surface area (Å²) in [4.78, 5) is 12.5. The molecule has 4 aromatic carbocycles. The average molecular weight is 853 g/mol. The van der Waals surface area contributed by atoms with E-state index < -0.39 is 0 Å². The summed E-state index contributed by atoms with van der Waals surface area (Å²) in [6, 6.07) is 35.4. The van der Waals surface area contributed by atoms with Crippen molar-refractivity contribution in [3.05, 3.63) is 143 Å². The van der Waals surface area contributed by atoms with Crippen LogP contribution in [0.4, 0.5) is 22.7 Å². The van der Waals surface area contributed by atoms with Gasteiger partial charge in [-0.05, 0) is 98.2 Å². The standard InChI is InChI=1S/C53H68N6S2/c1-54-48-26-13-15-28-50(48)60-52(54)40-42-30-34-56(46-24-11-9-22-44(42)46)32-17-7-19-36-58(3,4)38-21-39-59(5,6)37-20-8-18-33-57-35-31-43(45-23-10-12-25-47(45)57)41-53-55(2)49-27-14-16-29-51(49)61-53/h9-16,22-31,40-41H,7-8,17-21,32-39H2,1-6H3/q+2/b52-40+,53-41?. The van der Waals surface area contributed by atoms with Crippen molar-refractivity contribution in [3.63, 3.8) is 0 Å². The molecule has 0 spiro atoms. The highest BCUT2D eigenvalue weighted by atomic mass is 32.2. The van der Waals surface area contributed by atoms with Gasteiger partial charge in [-0.25, -0.2) is 0 Å². The molecule has 4 heterocycles. The fourth-order valence-corrected chi connectivity index (χ4v) is 11.7. The third-order valence-corrected chi connectivity index (χ3v) is 15.5. The number of quaternary nitrogens is 2. The summed E-state index contributed by atoms with van der Waals surface area (Å²) < 4.78 is 2.24. The average Bonchev–Trinajstić information content (AvgIpc) is 3.75. The van der Waals surface area contributed by atoms with E-state index >= 15 is 0 Å². The van der Waals surface area contributed by atoms with Gasteiger partial charge in [-0.15, -0.1) is 0 Å². The van der Waals surface area contributed by atoms with Gasteiger partial charge < -0.3 is 28.6 Å². The summed E-state index contributed by atoms with van der Waals surface area (Å²) >= 11 is 3.75. The van der Waals surface area contributed by atoms with Crippen LogP contribution in [0.3, 0.4) is 0 Å². The van der Waals surface area contributed by atoms with Crippen molar-refractivity contribution in [2.45, 2.75) is 54.7 Å². The smallest absolute Gasteiger partial charge is 0.0836 e. The molecule has 0 N–H and O–H groups in total. The Hall–Kier alpha value is -4.34. The summed E-state index contributed by atoms with van der Waals surface area (Å²) in [6.07, 6.45) is 18.6. The number of hydrogen-bond donors (Lipinski definition) is 0. The highest BCUT2D eigenvalue weighted by molar-refractivity contribution is 8.04. The minimum absolute atomic E-state index is 0.978. The largest absolute Gasteiger partial charge is 0.367 e. The number of allylic oxidation sites excluding steroid dienone is 4. The van der Waals surface area contributed by atoms with Gasteiger partial charge in [0.2, 0.25) is 0 Å². The van der Waals surface area contributed by atoms with Gasteiger partial charge in [-0.3, -0.25) is 0 Å². The molecule has 0 unspecified atom stereocenters. The SMILES string of the molecule is CN1C(=CC2=CCN(CCCCC[N+](C)(C)CCC[N+](C)(C)CCCCCN3CC=C(/C=C4/Sc5ccccc5N4C)c4ccccc43)c3ccccc32)Sc2ccccc21. The Morgan fingerprint density at radius 1 is 0.459 bits per heavy atom. The fourth-order valence-electron chi connectivity index (χ4n) is 9.47. The summed E-state index contributed by atoms with van der Waals surface area (Å²) in [5.74, 6) is 0. The monoisotopic (exact) mass is 852 g/mol. The Balaban J connectivity index is 0.717. The van der Waals surface area contributed by atoms with Crippen LogP contribution in [0.1, 0.15) is 56.1 Å². The predicted molar refractivity (Wildman–Crippen MR) is 267 cm³/mol. The first-order chi connectivity index (χ1) is 29.6. The lowest BCUT2D eigenvalue weighted by Crippen LogP contribution is -2.46. The number of unbranched alkanes of at least 4 members (excludes halogenated alkanes) is 4. The van der Waals surface area contributed by atoms with E-state index in [1.54, 1.807) is 0 Å². The number of para-hydroxylation sites is 4. The molecule has 0 fully saturated rings. The molecular weight excluding hydrogens is 785 g/mol. The van der Waals surface area contributed by atoms with E-state index in [2.05, 4.69) is 183 Å². The summed E-state index contributed by atoms with van der Waals surface area (Å²) in [5.41, 5.74) is 10.7. The van der Waals surface area contributed by atoms with Gasteiger partial charge in [0, 0.05) is 79.0 Å². The second-order valence-corrected chi connectivity index (χ2v) is 20.8. The molecule has 0 aromatic heterocycles. The molecule has 4 aliphatic heterocycles. The number of fused-ring (bicyclic) bond motifs is 4. The van der Waals surface area contributed by atoms with Crippen LogP contribution in [0, 0.1) is 0 Å². The normalized spacial score (nSPS) is 17.4. The lowest BCUT2D eigenvalue weighted by Gasteiger charge is -2.34. The van der Waals surface area contributed by atoms with Gasteiger partial charge in [-0.1, -0.05) is 96.3 Å². The number of thioether (sulfide) groups is 2. The van der Waals surface area contributed by atoms with Crippen LogP contribution in [0.15, 0.2) is 141 Å². The van der Waals surface area contributed by atoms with Gasteiger partial charge >= 0.3 is 0 Å². The molecule has 0 radical (unpaired) electrons. The third-order valence-electron chi connectivity index (χ3n) is 13.2. The van der Waals surface area contributed by atoms with Gasteiger partial charge in [0.1, 0.15) is 0 Å². The Morgan fingerprint density at radius 2 is 0.836 bits per heavy atom. The second-order valence-electron chi connectivity index (χ2n) is 18.7. The van der Waals surface area contributed by atoms with Crippen LogP contribution in [0.25, 0.3) is 11.1 Å². The molecule has 320 valence electrons. The number of benzene rings is 4. The maximum absolute atomic E-state index is 2.59. The lowest BCUT2D eigenvalue weighted by atomic mass is 9.98. The molecule has 0 saturated heterocycles. The summed E-state index contributed by atoms with van der Waals surface area (Å²) in [6.45, 7) is 9.21. The molecule has 8 rings (SSSR count). The van der Waals surface area contributed by atoms with E-state index in [1.165, 1.54) is 136 Å². The molecule has 61 heavy (non-hydrogen) atoms. The molecule has 0 bridgehead atoms. The molecule has 0 aliphatic carbocycles. The third kappa shape index (κ3) is 10.5. The van der Waals surface area contributed by atoms with Gasteiger partial charge in [0.15, 0.2) is 0 Å². The number of hydrogen-bond acceptors (Lipinski definition) is 6. The van der Waals surface area contributed by atoms with E-state index in [9.17, 15) is 0 Å². The predicted octanol–water partition coefficient (Wildman–Crippen LogP) is 11.8. The topological polar surface area (TPSA) is 13.0 Å². The maximum Gasteiger partial charge on any atom is 0.0836 e. The van der Waals surface area contributed by atoms with Crippen molar-refractivity contribution in [3.8, 4) is 0 Å². The quantitative estimate of drug-likeness (QED) is 0.0725. The van der Waals surface area contributed by atoms with Crippen LogP contribution >= 0.6 is 23.5 Å². The Morgan fingerprint density at radius 3 is 1.26 bits per heavy atom. The van der Waals surface area contributed by atoms with Crippen molar-refractivity contribution in [2.75, 3.05) is 114 Å². The van der Waals surface area contributed by atoms with Gasteiger partial charge in [0.25, 0.3) is 0 Å². The number of nitrogens with zero attached hydrogens (tertiary/aromatic N) is 6. The Bertz CT molecular complexity index is 2130. The zero-order valence-corrected chi connectivity index (χ0v) is 39.3. The van der Waals surface area contributed by atoms with E-state index in [0.29, 0.717) is 0 Å². The van der Waals surface area contributed by atoms with Crippen LogP contribution in [-0.4, -0.2) is 104 Å². The Kier molecular flexibility index (Phi) is 13.8. The van der Waals surface area contributed by atoms with Crippen LogP contribution in [0.5, 0.6) is 0 Å². The number of anilines is 4. The van der Waals surface area contributed by atoms with Gasteiger partial charge in [0.05, 0.1) is 75.8 Å². The summed E-state index contributed by atoms with van der Waals surface area (Å²) in [7, 11) is 14.1. The highest BCUT2D eigenvalue weighted by Crippen LogP contribution is 2.48.